The summed E-state index contributed by atoms with van der Waals surface area (Å²) in [5, 5.41) is 10.7. The van der Waals surface area contributed by atoms with Crippen LogP contribution in [0.5, 0.6) is 17.4 Å². The van der Waals surface area contributed by atoms with E-state index < -0.39 is 0 Å². The van der Waals surface area contributed by atoms with E-state index in [0.717, 1.165) is 12.8 Å². The molecule has 0 bridgehead atoms. The molecule has 1 N–H and O–H groups in total. The number of hydrogen-bond donors (Lipinski definition) is 1. The van der Waals surface area contributed by atoms with Crippen LogP contribution in [-0.2, 0) is 0 Å². The lowest BCUT2D eigenvalue weighted by Gasteiger charge is -2.39. The number of ether oxygens (including phenoxy) is 2. The van der Waals surface area contributed by atoms with E-state index in [9.17, 15) is 5.11 Å². The Bertz CT molecular complexity index is 695. The first-order valence-corrected chi connectivity index (χ1v) is 7.13. The number of alkyl halides is 1. The minimum atomic E-state index is -0.184. The molecule has 1 aromatic carbocycles. The van der Waals surface area contributed by atoms with Crippen molar-refractivity contribution < 1.29 is 14.6 Å². The van der Waals surface area contributed by atoms with E-state index in [1.54, 1.807) is 26.4 Å². The number of benzene rings is 1. The van der Waals surface area contributed by atoms with Crippen LogP contribution in [0.15, 0.2) is 12.1 Å². The van der Waals surface area contributed by atoms with E-state index in [-0.39, 0.29) is 16.7 Å². The fourth-order valence-electron chi connectivity index (χ4n) is 2.79. The van der Waals surface area contributed by atoms with Crippen molar-refractivity contribution in [2.24, 2.45) is 0 Å². The van der Waals surface area contributed by atoms with Crippen LogP contribution < -0.4 is 9.47 Å². The molecule has 21 heavy (non-hydrogen) atoms. The average Bonchev–Trinajstić information content (AvgIpc) is 2.43. The molecule has 1 saturated carbocycles. The molecule has 5 nitrogen and oxygen atoms in total. The Kier molecular flexibility index (Phi) is 3.32. The summed E-state index contributed by atoms with van der Waals surface area (Å²) in [6, 6.07) is 3.43. The summed E-state index contributed by atoms with van der Waals surface area (Å²) >= 11 is 6.24. The van der Waals surface area contributed by atoms with Gasteiger partial charge in [-0.3, -0.25) is 0 Å². The predicted molar refractivity (Wildman–Crippen MR) is 80.5 cm³/mol. The maximum Gasteiger partial charge on any atom is 0.222 e. The van der Waals surface area contributed by atoms with Crippen LogP contribution in [0.3, 0.4) is 0 Å². The molecule has 1 aliphatic carbocycles. The Hall–Kier alpha value is -1.75. The summed E-state index contributed by atoms with van der Waals surface area (Å²) < 4.78 is 10.5. The van der Waals surface area contributed by atoms with E-state index in [0.29, 0.717) is 28.2 Å². The lowest BCUT2D eigenvalue weighted by Crippen LogP contribution is -2.34. The Morgan fingerprint density at radius 2 is 1.81 bits per heavy atom. The van der Waals surface area contributed by atoms with E-state index in [2.05, 4.69) is 9.97 Å². The SMILES string of the molecule is COc1cc2nc([C@H]3C[C@](C)(Cl)C3)nc(O)c2cc1OC. The molecule has 1 fully saturated rings. The molecule has 0 atom stereocenters. The molecule has 1 heterocycles. The van der Waals surface area contributed by atoms with Crippen molar-refractivity contribution in [3.8, 4) is 17.4 Å². The maximum atomic E-state index is 10.2. The van der Waals surface area contributed by atoms with Gasteiger partial charge in [-0.1, -0.05) is 0 Å². The van der Waals surface area contributed by atoms with Gasteiger partial charge >= 0.3 is 0 Å². The second-order valence-electron chi connectivity index (χ2n) is 5.65. The van der Waals surface area contributed by atoms with Crippen molar-refractivity contribution in [3.63, 3.8) is 0 Å². The van der Waals surface area contributed by atoms with Gasteiger partial charge in [-0.2, -0.15) is 4.98 Å². The number of hydrogen-bond acceptors (Lipinski definition) is 5. The van der Waals surface area contributed by atoms with E-state index in [4.69, 9.17) is 21.1 Å². The minimum absolute atomic E-state index is 0.0425. The third kappa shape index (κ3) is 2.46. The van der Waals surface area contributed by atoms with Crippen LogP contribution in [0.1, 0.15) is 31.5 Å². The smallest absolute Gasteiger partial charge is 0.222 e. The molecule has 0 saturated heterocycles. The van der Waals surface area contributed by atoms with Crippen LogP contribution in [-0.4, -0.2) is 34.2 Å². The normalized spacial score (nSPS) is 24.7. The number of fused-ring (bicyclic) bond motifs is 1. The lowest BCUT2D eigenvalue weighted by molar-refractivity contribution is 0.306. The molecular formula is C15H17ClN2O3. The third-order valence-corrected chi connectivity index (χ3v) is 4.22. The summed E-state index contributed by atoms with van der Waals surface area (Å²) in [5.74, 6) is 1.89. The zero-order chi connectivity index (χ0) is 15.2. The number of halogens is 1. The first-order valence-electron chi connectivity index (χ1n) is 6.75. The molecule has 0 aliphatic heterocycles. The number of aromatic hydroxyl groups is 1. The summed E-state index contributed by atoms with van der Waals surface area (Å²) in [5.41, 5.74) is 0.637. The number of aromatic nitrogens is 2. The number of nitrogens with zero attached hydrogens (tertiary/aromatic N) is 2. The van der Waals surface area contributed by atoms with Gasteiger partial charge in [0.15, 0.2) is 11.5 Å². The van der Waals surface area contributed by atoms with Crippen LogP contribution in [0.25, 0.3) is 10.9 Å². The summed E-state index contributed by atoms with van der Waals surface area (Å²) in [7, 11) is 3.11. The first kappa shape index (κ1) is 14.2. The second-order valence-corrected chi connectivity index (χ2v) is 6.56. The molecule has 0 amide bonds. The summed E-state index contributed by atoms with van der Waals surface area (Å²) in [4.78, 5) is 8.57. The van der Waals surface area contributed by atoms with Crippen molar-refractivity contribution in [3.05, 3.63) is 18.0 Å². The Labute approximate surface area is 127 Å². The zero-order valence-electron chi connectivity index (χ0n) is 12.2. The van der Waals surface area contributed by atoms with E-state index in [1.165, 1.54) is 0 Å². The molecule has 0 spiro atoms. The van der Waals surface area contributed by atoms with Crippen LogP contribution >= 0.6 is 11.6 Å². The Morgan fingerprint density at radius 1 is 1.19 bits per heavy atom. The van der Waals surface area contributed by atoms with Crippen molar-refractivity contribution in [2.75, 3.05) is 14.2 Å². The average molecular weight is 309 g/mol. The molecule has 1 aromatic heterocycles. The van der Waals surface area contributed by atoms with Gasteiger partial charge in [-0.05, 0) is 25.8 Å². The largest absolute Gasteiger partial charge is 0.493 e. The Morgan fingerprint density at radius 3 is 2.38 bits per heavy atom. The minimum Gasteiger partial charge on any atom is -0.493 e. The van der Waals surface area contributed by atoms with Gasteiger partial charge in [0.25, 0.3) is 0 Å². The summed E-state index contributed by atoms with van der Waals surface area (Å²) in [6.45, 7) is 2.00. The fourth-order valence-corrected chi connectivity index (χ4v) is 3.16. The van der Waals surface area contributed by atoms with E-state index >= 15 is 0 Å². The third-order valence-electron chi connectivity index (χ3n) is 3.91. The second kappa shape index (κ2) is 4.91. The van der Waals surface area contributed by atoms with Gasteiger partial charge in [0, 0.05) is 16.9 Å². The quantitative estimate of drug-likeness (QED) is 0.882. The molecule has 1 aliphatic rings. The highest BCUT2D eigenvalue weighted by Crippen LogP contribution is 2.48. The van der Waals surface area contributed by atoms with Gasteiger partial charge in [0.05, 0.1) is 25.1 Å². The number of methoxy groups -OCH3 is 2. The van der Waals surface area contributed by atoms with Gasteiger partial charge < -0.3 is 14.6 Å². The Balaban J connectivity index is 2.07. The molecule has 2 aromatic rings. The first-order chi connectivity index (χ1) is 9.93. The van der Waals surface area contributed by atoms with Gasteiger partial charge in [0.1, 0.15) is 5.82 Å². The fraction of sp³-hybridized carbons (Fsp3) is 0.467. The molecule has 0 radical (unpaired) electrons. The molecule has 6 heteroatoms. The lowest BCUT2D eigenvalue weighted by atomic mass is 9.75. The van der Waals surface area contributed by atoms with Crippen molar-refractivity contribution >= 4 is 22.5 Å². The predicted octanol–water partition coefficient (Wildman–Crippen LogP) is 3.23. The van der Waals surface area contributed by atoms with Crippen molar-refractivity contribution in [1.82, 2.24) is 9.97 Å². The van der Waals surface area contributed by atoms with Gasteiger partial charge in [-0.15, -0.1) is 11.6 Å². The van der Waals surface area contributed by atoms with Gasteiger partial charge in [0.2, 0.25) is 5.88 Å². The molecule has 0 unspecified atom stereocenters. The highest BCUT2D eigenvalue weighted by Gasteiger charge is 2.41. The maximum absolute atomic E-state index is 10.2. The zero-order valence-corrected chi connectivity index (χ0v) is 12.9. The van der Waals surface area contributed by atoms with Crippen LogP contribution in [0, 0.1) is 0 Å². The van der Waals surface area contributed by atoms with Gasteiger partial charge in [-0.25, -0.2) is 4.98 Å². The van der Waals surface area contributed by atoms with Crippen LogP contribution in [0.2, 0.25) is 0 Å². The highest BCUT2D eigenvalue weighted by molar-refractivity contribution is 6.24. The van der Waals surface area contributed by atoms with Crippen molar-refractivity contribution in [1.29, 1.82) is 0 Å². The standard InChI is InChI=1S/C15H17ClN2O3/c1-15(16)6-8(7-15)13-17-10-5-12(21-3)11(20-2)4-9(10)14(19)18-13/h4-5,8H,6-7H2,1-3H3,(H,17,18,19)/t8-,15-. The summed E-state index contributed by atoms with van der Waals surface area (Å²) in [6.07, 6.45) is 1.62. The molecule has 3 rings (SSSR count). The molecule has 112 valence electrons. The van der Waals surface area contributed by atoms with E-state index in [1.807, 2.05) is 6.92 Å². The molecular weight excluding hydrogens is 292 g/mol. The highest BCUT2D eigenvalue weighted by atomic mass is 35.5. The topological polar surface area (TPSA) is 64.5 Å². The monoisotopic (exact) mass is 308 g/mol. The van der Waals surface area contributed by atoms with Crippen molar-refractivity contribution in [2.45, 2.75) is 30.6 Å². The number of rotatable bonds is 3. The van der Waals surface area contributed by atoms with Crippen LogP contribution in [0.4, 0.5) is 0 Å².